The first-order valence-electron chi connectivity index (χ1n) is 40.7. The number of nitrogens with zero attached hydrogens (tertiary/aromatic N) is 3. The first-order chi connectivity index (χ1) is 59.5. The fraction of sp³-hybridized carbons (Fsp3) is 0. The summed E-state index contributed by atoms with van der Waals surface area (Å²) in [6.45, 7) is 0. The van der Waals surface area contributed by atoms with Gasteiger partial charge in [0, 0.05) is 50.3 Å². The number of hydrogen-bond acceptors (Lipinski definition) is 6. The van der Waals surface area contributed by atoms with Crippen molar-refractivity contribution in [2.45, 2.75) is 0 Å². The monoisotopic (exact) mass is 1540 g/mol. The fourth-order valence-corrected chi connectivity index (χ4v) is 16.6. The Hall–Kier alpha value is -16.0. The number of fused-ring (bicyclic) bond motifs is 9. The number of rotatable bonds is 16. The van der Waals surface area contributed by atoms with Gasteiger partial charge in [0.25, 0.3) is 0 Å². The van der Waals surface area contributed by atoms with Crippen molar-refractivity contribution in [2.24, 2.45) is 0 Å². The molecule has 0 saturated heterocycles. The fourth-order valence-electron chi connectivity index (χ4n) is 16.6. The lowest BCUT2D eigenvalue weighted by Gasteiger charge is -2.26. The molecular formula is C114H79N3O3. The predicted molar refractivity (Wildman–Crippen MR) is 503 cm³/mol. The van der Waals surface area contributed by atoms with Crippen LogP contribution in [0.1, 0.15) is 0 Å². The van der Waals surface area contributed by atoms with Crippen LogP contribution in [0.25, 0.3) is 144 Å². The Morgan fingerprint density at radius 2 is 0.275 bits per heavy atom. The van der Waals surface area contributed by atoms with Crippen LogP contribution in [0.3, 0.4) is 0 Å². The number of hydrogen-bond donors (Lipinski definition) is 0. The summed E-state index contributed by atoms with van der Waals surface area (Å²) in [5.41, 5.74) is 32.0. The van der Waals surface area contributed by atoms with Gasteiger partial charge in [-0.2, -0.15) is 0 Å². The van der Waals surface area contributed by atoms with E-state index in [1.165, 1.54) is 77.9 Å². The molecule has 0 radical (unpaired) electrons. The molecule has 0 saturated carbocycles. The molecule has 0 fully saturated rings. The Balaban J connectivity index is 0.000000115. The Labute approximate surface area is 697 Å². The van der Waals surface area contributed by atoms with Gasteiger partial charge >= 0.3 is 0 Å². The van der Waals surface area contributed by atoms with Gasteiger partial charge in [-0.3, -0.25) is 0 Å². The highest BCUT2D eigenvalue weighted by Crippen LogP contribution is 2.48. The summed E-state index contributed by atoms with van der Waals surface area (Å²) < 4.78 is 18.7. The highest BCUT2D eigenvalue weighted by Gasteiger charge is 2.24. The van der Waals surface area contributed by atoms with Gasteiger partial charge in [-0.25, -0.2) is 0 Å². The second-order valence-electron chi connectivity index (χ2n) is 29.8. The smallest absolute Gasteiger partial charge is 0.137 e. The molecule has 0 aliphatic rings. The van der Waals surface area contributed by atoms with Gasteiger partial charge in [-0.05, 0) is 205 Å². The first kappa shape index (κ1) is 72.9. The third-order valence-electron chi connectivity index (χ3n) is 22.5. The van der Waals surface area contributed by atoms with Crippen molar-refractivity contribution in [1.82, 2.24) is 0 Å². The lowest BCUT2D eigenvalue weighted by atomic mass is 10.00. The zero-order chi connectivity index (χ0) is 79.9. The predicted octanol–water partition coefficient (Wildman–Crippen LogP) is 32.8. The zero-order valence-corrected chi connectivity index (χ0v) is 65.7. The molecule has 0 atom stereocenters. The van der Waals surface area contributed by atoms with Gasteiger partial charge in [0.05, 0.1) is 33.2 Å². The Bertz CT molecular complexity index is 7160. The average Bonchev–Trinajstić information content (AvgIpc) is 1.60. The molecule has 0 N–H and O–H groups in total. The van der Waals surface area contributed by atoms with Gasteiger partial charge in [0.1, 0.15) is 33.5 Å². The molecule has 568 valence electrons. The van der Waals surface area contributed by atoms with E-state index >= 15 is 0 Å². The van der Waals surface area contributed by atoms with E-state index in [-0.39, 0.29) is 0 Å². The van der Waals surface area contributed by atoms with Crippen molar-refractivity contribution in [1.29, 1.82) is 0 Å². The first-order valence-corrected chi connectivity index (χ1v) is 40.7. The van der Waals surface area contributed by atoms with Crippen molar-refractivity contribution in [3.8, 4) is 77.9 Å². The van der Waals surface area contributed by atoms with Crippen LogP contribution in [0, 0.1) is 0 Å². The van der Waals surface area contributed by atoms with E-state index in [4.69, 9.17) is 13.3 Å². The molecule has 6 heteroatoms. The van der Waals surface area contributed by atoms with E-state index in [9.17, 15) is 0 Å². The largest absolute Gasteiger partial charge is 0.456 e. The lowest BCUT2D eigenvalue weighted by Crippen LogP contribution is -2.10. The SMILES string of the molecule is c1ccc(-c2ccc(-c3ccc(N(c4ccc(-c5ccccc5)cc4)c4cccc5oc6ccccc6c45)cc3)cc2)cc1.c1ccc(-c2ccc(-c3ccc(N(c4ccccc4)c4cccc5oc6ccccc6c45)cc3)cc2)cc1.c1ccc(-c2ccc(N(c3ccc(-c4ccccc4)cc3)c3cccc4oc5ccccc5c34)cc2)cc1. The lowest BCUT2D eigenvalue weighted by molar-refractivity contribution is 0.668. The molecule has 22 aromatic rings. The zero-order valence-electron chi connectivity index (χ0n) is 65.7. The molecule has 22 rings (SSSR count). The van der Waals surface area contributed by atoms with E-state index in [1.807, 2.05) is 54.6 Å². The van der Waals surface area contributed by atoms with Gasteiger partial charge in [-0.15, -0.1) is 0 Å². The molecule has 0 unspecified atom stereocenters. The number of para-hydroxylation sites is 4. The minimum Gasteiger partial charge on any atom is -0.456 e. The summed E-state index contributed by atoms with van der Waals surface area (Å²) in [5.74, 6) is 0. The quantitative estimate of drug-likeness (QED) is 0.0961. The summed E-state index contributed by atoms with van der Waals surface area (Å²) in [6, 6.07) is 168. The van der Waals surface area contributed by atoms with Crippen LogP contribution in [0.15, 0.2) is 492 Å². The second-order valence-corrected chi connectivity index (χ2v) is 29.8. The highest BCUT2D eigenvalue weighted by molar-refractivity contribution is 6.16. The molecule has 19 aromatic carbocycles. The summed E-state index contributed by atoms with van der Waals surface area (Å²) in [7, 11) is 0. The molecule has 6 nitrogen and oxygen atoms in total. The van der Waals surface area contributed by atoms with Crippen LogP contribution in [0.2, 0.25) is 0 Å². The van der Waals surface area contributed by atoms with Crippen LogP contribution in [-0.4, -0.2) is 0 Å². The van der Waals surface area contributed by atoms with E-state index < -0.39 is 0 Å². The van der Waals surface area contributed by atoms with Crippen molar-refractivity contribution in [3.63, 3.8) is 0 Å². The molecule has 3 aromatic heterocycles. The molecule has 0 amide bonds. The normalized spacial score (nSPS) is 11.2. The number of anilines is 9. The Morgan fingerprint density at radius 1 is 0.117 bits per heavy atom. The minimum atomic E-state index is 0.879. The van der Waals surface area contributed by atoms with Crippen LogP contribution in [0.5, 0.6) is 0 Å². The highest BCUT2D eigenvalue weighted by atomic mass is 16.3. The number of furan rings is 3. The summed E-state index contributed by atoms with van der Waals surface area (Å²) in [6.07, 6.45) is 0. The maximum absolute atomic E-state index is 6.28. The Kier molecular flexibility index (Phi) is 20.1. The third kappa shape index (κ3) is 14.8. The summed E-state index contributed by atoms with van der Waals surface area (Å²) in [4.78, 5) is 6.97. The van der Waals surface area contributed by atoms with Gasteiger partial charge in [-0.1, -0.05) is 352 Å². The molecule has 0 aliphatic carbocycles. The van der Waals surface area contributed by atoms with Crippen molar-refractivity contribution < 1.29 is 13.3 Å². The number of benzene rings is 19. The van der Waals surface area contributed by atoms with Gasteiger partial charge in [0.2, 0.25) is 0 Å². The van der Waals surface area contributed by atoms with Crippen LogP contribution < -0.4 is 14.7 Å². The third-order valence-corrected chi connectivity index (χ3v) is 22.5. The Morgan fingerprint density at radius 3 is 0.492 bits per heavy atom. The van der Waals surface area contributed by atoms with Gasteiger partial charge < -0.3 is 28.0 Å². The van der Waals surface area contributed by atoms with E-state index in [1.54, 1.807) is 0 Å². The second kappa shape index (κ2) is 33.1. The molecule has 0 bridgehead atoms. The van der Waals surface area contributed by atoms with E-state index in [2.05, 4.69) is 439 Å². The maximum atomic E-state index is 6.28. The van der Waals surface area contributed by atoms with Crippen LogP contribution in [-0.2, 0) is 0 Å². The van der Waals surface area contributed by atoms with Crippen LogP contribution in [0.4, 0.5) is 51.2 Å². The molecule has 120 heavy (non-hydrogen) atoms. The molecule has 3 heterocycles. The van der Waals surface area contributed by atoms with Gasteiger partial charge in [0.15, 0.2) is 0 Å². The molecular weight excluding hydrogens is 1460 g/mol. The van der Waals surface area contributed by atoms with Crippen molar-refractivity contribution in [2.75, 3.05) is 14.7 Å². The average molecular weight is 1540 g/mol. The van der Waals surface area contributed by atoms with Crippen molar-refractivity contribution >= 4 is 117 Å². The van der Waals surface area contributed by atoms with Crippen molar-refractivity contribution in [3.05, 3.63) is 479 Å². The maximum Gasteiger partial charge on any atom is 0.137 e. The summed E-state index contributed by atoms with van der Waals surface area (Å²) >= 11 is 0. The molecule has 0 aliphatic heterocycles. The molecule has 0 spiro atoms. The van der Waals surface area contributed by atoms with Crippen LogP contribution >= 0.6 is 0 Å². The van der Waals surface area contributed by atoms with E-state index in [0.29, 0.717) is 0 Å². The topological polar surface area (TPSA) is 49.1 Å². The van der Waals surface area contributed by atoms with E-state index in [0.717, 1.165) is 117 Å². The summed E-state index contributed by atoms with van der Waals surface area (Å²) in [5, 5.41) is 6.68. The standard InChI is InChI=1S/C42H29NO.2C36H25NO/c1-3-10-30(11-4-1)32-18-20-33(21-19-32)35-24-28-37(29-25-35)43(36-26-22-34(23-27-36)31-12-5-2-6-13-31)39-15-9-17-41-42(39)38-14-7-8-16-40(38)44-41;1-3-10-26(11-4-1)28-18-22-30(23-19-28)37(31-24-20-29(21-25-31)27-12-5-2-6-13-27)33-15-9-17-35-36(33)32-14-7-8-16-34(32)38-35;1-3-10-26(11-4-1)27-18-20-28(21-19-27)29-22-24-31(25-23-29)37(30-12-5-2-6-13-30)33-15-9-17-35-36(33)32-14-7-8-16-34(32)38-35/h1-29H;2*1-25H. The minimum absolute atomic E-state index is 0.879.